The van der Waals surface area contributed by atoms with Crippen LogP contribution in [0.3, 0.4) is 0 Å². The maximum atomic E-state index is 12.9. The fourth-order valence-corrected chi connectivity index (χ4v) is 3.35. The molecule has 3 rings (SSSR count). The van der Waals surface area contributed by atoms with Crippen LogP contribution in [0.25, 0.3) is 5.69 Å². The van der Waals surface area contributed by atoms with Gasteiger partial charge in [-0.15, -0.1) is 0 Å². The summed E-state index contributed by atoms with van der Waals surface area (Å²) in [5, 5.41) is 6.37. The summed E-state index contributed by atoms with van der Waals surface area (Å²) >= 11 is 0. The molecular weight excluding hydrogens is 316 g/mol. The highest BCUT2D eigenvalue weighted by atomic mass is 16.5. The number of aromatic nitrogens is 2. The van der Waals surface area contributed by atoms with E-state index in [0.717, 1.165) is 48.7 Å². The minimum Gasteiger partial charge on any atom is -0.384 e. The summed E-state index contributed by atoms with van der Waals surface area (Å²) in [5.41, 5.74) is 3.52. The van der Waals surface area contributed by atoms with Gasteiger partial charge in [-0.3, -0.25) is 4.79 Å². The number of nitrogens with one attached hydrogen (secondary N) is 2. The highest BCUT2D eigenvalue weighted by Gasteiger charge is 2.39. The lowest BCUT2D eigenvalue weighted by Crippen LogP contribution is -2.47. The number of carbonyl (C=O) groups excluding carboxylic acids is 1. The molecule has 1 fully saturated rings. The zero-order valence-corrected chi connectivity index (χ0v) is 15.1. The third-order valence-electron chi connectivity index (χ3n) is 5.12. The minimum atomic E-state index is -0.448. The number of carbonyl (C=O) groups is 1. The molecule has 6 nitrogen and oxygen atoms in total. The third kappa shape index (κ3) is 3.60. The topological polar surface area (TPSA) is 68.2 Å². The molecule has 0 atom stereocenters. The van der Waals surface area contributed by atoms with Gasteiger partial charge in [-0.1, -0.05) is 0 Å². The first kappa shape index (κ1) is 17.6. The average molecular weight is 342 g/mol. The van der Waals surface area contributed by atoms with Crippen molar-refractivity contribution in [2.24, 2.45) is 5.41 Å². The molecule has 1 aromatic carbocycles. The first-order valence-corrected chi connectivity index (χ1v) is 8.68. The molecule has 134 valence electrons. The number of rotatable bonds is 5. The van der Waals surface area contributed by atoms with Crippen molar-refractivity contribution in [3.63, 3.8) is 0 Å². The molecule has 1 aliphatic rings. The molecule has 0 saturated carbocycles. The summed E-state index contributed by atoms with van der Waals surface area (Å²) in [6.07, 6.45) is 3.40. The van der Waals surface area contributed by atoms with E-state index in [9.17, 15) is 4.79 Å². The monoisotopic (exact) mass is 342 g/mol. The molecule has 0 spiro atoms. The molecule has 6 heteroatoms. The summed E-state index contributed by atoms with van der Waals surface area (Å²) in [6.45, 7) is 6.17. The van der Waals surface area contributed by atoms with Crippen molar-refractivity contribution >= 4 is 11.6 Å². The zero-order chi connectivity index (χ0) is 17.9. The van der Waals surface area contributed by atoms with Gasteiger partial charge in [-0.2, -0.15) is 0 Å². The van der Waals surface area contributed by atoms with Crippen LogP contribution in [0.4, 0.5) is 5.69 Å². The fourth-order valence-electron chi connectivity index (χ4n) is 3.35. The van der Waals surface area contributed by atoms with Crippen molar-refractivity contribution < 1.29 is 9.53 Å². The largest absolute Gasteiger partial charge is 0.384 e. The number of piperidine rings is 1. The molecule has 0 unspecified atom stereocenters. The van der Waals surface area contributed by atoms with Crippen molar-refractivity contribution in [1.82, 2.24) is 14.9 Å². The van der Waals surface area contributed by atoms with Crippen LogP contribution in [0.2, 0.25) is 0 Å². The average Bonchev–Trinajstić information content (AvgIpc) is 2.96. The number of nitrogens with zero attached hydrogens (tertiary/aromatic N) is 2. The maximum Gasteiger partial charge on any atom is 0.233 e. The molecule has 1 aromatic heterocycles. The van der Waals surface area contributed by atoms with E-state index in [1.807, 2.05) is 49.0 Å². The molecule has 0 aliphatic carbocycles. The number of aryl methyl sites for hydroxylation is 1. The standard InChI is InChI=1S/C19H26N4O2/c1-14-15(2)23(13-21-14)17-6-4-16(5-7-17)22-18(24)19(12-25-3)8-10-20-11-9-19/h4-7,13,20H,8-12H2,1-3H3,(H,22,24). The van der Waals surface area contributed by atoms with E-state index < -0.39 is 5.41 Å². The lowest BCUT2D eigenvalue weighted by Gasteiger charge is -2.35. The number of ether oxygens (including phenoxy) is 1. The fraction of sp³-hybridized carbons (Fsp3) is 0.474. The van der Waals surface area contributed by atoms with Gasteiger partial charge in [0.15, 0.2) is 0 Å². The zero-order valence-electron chi connectivity index (χ0n) is 15.1. The predicted molar refractivity (Wildman–Crippen MR) is 98.1 cm³/mol. The number of imidazole rings is 1. The maximum absolute atomic E-state index is 12.9. The second-order valence-electron chi connectivity index (χ2n) is 6.75. The molecule has 0 radical (unpaired) electrons. The van der Waals surface area contributed by atoms with Gasteiger partial charge in [-0.25, -0.2) is 4.98 Å². The summed E-state index contributed by atoms with van der Waals surface area (Å²) in [6, 6.07) is 7.86. The second kappa shape index (κ2) is 7.37. The minimum absolute atomic E-state index is 0.0401. The lowest BCUT2D eigenvalue weighted by molar-refractivity contribution is -0.130. The smallest absolute Gasteiger partial charge is 0.233 e. The van der Waals surface area contributed by atoms with Gasteiger partial charge in [0, 0.05) is 24.2 Å². The SMILES string of the molecule is COCC1(C(=O)Nc2ccc(-n3cnc(C)c3C)cc2)CCNCC1. The molecule has 1 aliphatic heterocycles. The van der Waals surface area contributed by atoms with Crippen LogP contribution in [-0.4, -0.2) is 42.3 Å². The molecule has 2 N–H and O–H groups in total. The van der Waals surface area contributed by atoms with E-state index in [1.165, 1.54) is 0 Å². The van der Waals surface area contributed by atoms with E-state index in [1.54, 1.807) is 7.11 Å². The molecular formula is C19H26N4O2. The predicted octanol–water partition coefficient (Wildman–Crippen LogP) is 2.44. The number of benzene rings is 1. The Labute approximate surface area is 148 Å². The van der Waals surface area contributed by atoms with Gasteiger partial charge in [0.25, 0.3) is 0 Å². The second-order valence-corrected chi connectivity index (χ2v) is 6.75. The van der Waals surface area contributed by atoms with Crippen LogP contribution in [0.1, 0.15) is 24.2 Å². The van der Waals surface area contributed by atoms with Crippen LogP contribution in [0.5, 0.6) is 0 Å². The van der Waals surface area contributed by atoms with Crippen LogP contribution in [0.15, 0.2) is 30.6 Å². The van der Waals surface area contributed by atoms with Crippen molar-refractivity contribution in [2.45, 2.75) is 26.7 Å². The van der Waals surface area contributed by atoms with Gasteiger partial charge in [-0.05, 0) is 64.0 Å². The Morgan fingerprint density at radius 2 is 1.96 bits per heavy atom. The molecule has 1 saturated heterocycles. The van der Waals surface area contributed by atoms with Crippen molar-refractivity contribution in [2.75, 3.05) is 32.1 Å². The number of hydrogen-bond acceptors (Lipinski definition) is 4. The Hall–Kier alpha value is -2.18. The molecule has 2 aromatic rings. The van der Waals surface area contributed by atoms with Crippen molar-refractivity contribution in [3.05, 3.63) is 42.0 Å². The Morgan fingerprint density at radius 1 is 1.28 bits per heavy atom. The summed E-state index contributed by atoms with van der Waals surface area (Å²) < 4.78 is 7.38. The van der Waals surface area contributed by atoms with Crippen molar-refractivity contribution in [3.8, 4) is 5.69 Å². The van der Waals surface area contributed by atoms with E-state index in [4.69, 9.17) is 4.74 Å². The summed E-state index contributed by atoms with van der Waals surface area (Å²) in [5.74, 6) is 0.0401. The Morgan fingerprint density at radius 3 is 2.52 bits per heavy atom. The number of amides is 1. The van der Waals surface area contributed by atoms with E-state index >= 15 is 0 Å². The van der Waals surface area contributed by atoms with Crippen LogP contribution in [-0.2, 0) is 9.53 Å². The van der Waals surface area contributed by atoms with E-state index in [0.29, 0.717) is 6.61 Å². The molecule has 1 amide bonds. The normalized spacial score (nSPS) is 16.6. The molecule has 0 bridgehead atoms. The van der Waals surface area contributed by atoms with Gasteiger partial charge in [0.1, 0.15) is 0 Å². The summed E-state index contributed by atoms with van der Waals surface area (Å²) in [4.78, 5) is 17.2. The first-order chi connectivity index (χ1) is 12.1. The van der Waals surface area contributed by atoms with Crippen molar-refractivity contribution in [1.29, 1.82) is 0 Å². The molecule has 25 heavy (non-hydrogen) atoms. The van der Waals surface area contributed by atoms with Gasteiger partial charge in [0.05, 0.1) is 24.0 Å². The Balaban J connectivity index is 1.74. The Bertz CT molecular complexity index is 725. The van der Waals surface area contributed by atoms with Gasteiger partial charge < -0.3 is 19.9 Å². The third-order valence-corrected chi connectivity index (χ3v) is 5.12. The Kier molecular flexibility index (Phi) is 5.20. The lowest BCUT2D eigenvalue weighted by atomic mass is 9.78. The van der Waals surface area contributed by atoms with Crippen LogP contribution >= 0.6 is 0 Å². The highest BCUT2D eigenvalue weighted by molar-refractivity contribution is 5.95. The first-order valence-electron chi connectivity index (χ1n) is 8.68. The van der Waals surface area contributed by atoms with Crippen LogP contribution < -0.4 is 10.6 Å². The van der Waals surface area contributed by atoms with E-state index in [-0.39, 0.29) is 5.91 Å². The number of anilines is 1. The summed E-state index contributed by atoms with van der Waals surface area (Å²) in [7, 11) is 1.65. The van der Waals surface area contributed by atoms with E-state index in [2.05, 4.69) is 15.6 Å². The quantitative estimate of drug-likeness (QED) is 0.876. The van der Waals surface area contributed by atoms with Gasteiger partial charge in [0.2, 0.25) is 5.91 Å². The molecule has 2 heterocycles. The van der Waals surface area contributed by atoms with Crippen LogP contribution in [0, 0.1) is 19.3 Å². The number of hydrogen-bond donors (Lipinski definition) is 2. The number of methoxy groups -OCH3 is 1. The van der Waals surface area contributed by atoms with Gasteiger partial charge >= 0.3 is 0 Å². The highest BCUT2D eigenvalue weighted by Crippen LogP contribution is 2.31.